The largest absolute Gasteiger partial charge is 0.489 e. The molecule has 7 heteroatoms. The van der Waals surface area contributed by atoms with Crippen molar-refractivity contribution in [2.45, 2.75) is 12.5 Å². The van der Waals surface area contributed by atoms with Gasteiger partial charge in [-0.2, -0.15) is 5.26 Å². The van der Waals surface area contributed by atoms with Gasteiger partial charge in [0.15, 0.2) is 0 Å². The summed E-state index contributed by atoms with van der Waals surface area (Å²) in [6.45, 7) is 0.302. The van der Waals surface area contributed by atoms with Gasteiger partial charge < -0.3 is 15.2 Å². The second kappa shape index (κ2) is 8.62. The second-order valence-electron chi connectivity index (χ2n) is 7.51. The van der Waals surface area contributed by atoms with Crippen LogP contribution in [0, 0.1) is 11.3 Å². The van der Waals surface area contributed by atoms with Crippen molar-refractivity contribution in [1.29, 1.82) is 5.26 Å². The van der Waals surface area contributed by atoms with Crippen LogP contribution in [0.4, 0.5) is 0 Å². The Balaban J connectivity index is 1.65. The number of hydrogen-bond acceptors (Lipinski definition) is 6. The van der Waals surface area contributed by atoms with Gasteiger partial charge in [0.2, 0.25) is 10.6 Å². The highest BCUT2D eigenvalue weighted by Crippen LogP contribution is 2.46. The lowest BCUT2D eigenvalue weighted by Gasteiger charge is -2.27. The van der Waals surface area contributed by atoms with Crippen LogP contribution in [0.2, 0.25) is 5.02 Å². The van der Waals surface area contributed by atoms with E-state index in [1.54, 1.807) is 12.1 Å². The maximum Gasteiger partial charge on any atom is 0.240 e. The summed E-state index contributed by atoms with van der Waals surface area (Å²) in [4.78, 5) is 13.3. The average Bonchev–Trinajstić information content (AvgIpc) is 2.83. The van der Waals surface area contributed by atoms with E-state index in [2.05, 4.69) is 6.07 Å². The van der Waals surface area contributed by atoms with Gasteiger partial charge in [-0.3, -0.25) is 4.79 Å². The second-order valence-corrected chi connectivity index (χ2v) is 8.96. The predicted molar refractivity (Wildman–Crippen MR) is 130 cm³/mol. The normalized spacial score (nSPS) is 15.0. The minimum atomic E-state index is -0.700. The SMILES string of the molecule is N#CC1=C(N)Oc2c(c(=O)sc3ccccc23)[C@H]1c1ccccc1OCc1ccc(Cl)cc1. The summed E-state index contributed by atoms with van der Waals surface area (Å²) in [5.41, 5.74) is 8.38. The molecule has 0 spiro atoms. The molecule has 33 heavy (non-hydrogen) atoms. The molecule has 0 aliphatic carbocycles. The molecular formula is C26H17ClN2O3S. The summed E-state index contributed by atoms with van der Waals surface area (Å²) in [6, 6.07) is 24.4. The third kappa shape index (κ3) is 3.82. The van der Waals surface area contributed by atoms with E-state index in [-0.39, 0.29) is 16.2 Å². The van der Waals surface area contributed by atoms with Crippen molar-refractivity contribution in [3.63, 3.8) is 0 Å². The van der Waals surface area contributed by atoms with Crippen molar-refractivity contribution in [3.05, 3.63) is 116 Å². The summed E-state index contributed by atoms with van der Waals surface area (Å²) in [6.07, 6.45) is 0. The predicted octanol–water partition coefficient (Wildman–Crippen LogP) is 5.71. The van der Waals surface area contributed by atoms with Crippen LogP contribution in [0.1, 0.15) is 22.6 Å². The van der Waals surface area contributed by atoms with Crippen LogP contribution >= 0.6 is 22.9 Å². The number of fused-ring (bicyclic) bond motifs is 3. The van der Waals surface area contributed by atoms with Gasteiger partial charge >= 0.3 is 0 Å². The van der Waals surface area contributed by atoms with E-state index in [1.165, 1.54) is 0 Å². The molecule has 0 unspecified atom stereocenters. The van der Waals surface area contributed by atoms with Crippen LogP contribution in [0.3, 0.4) is 0 Å². The van der Waals surface area contributed by atoms with Crippen molar-refractivity contribution < 1.29 is 9.47 Å². The number of ether oxygens (including phenoxy) is 2. The molecule has 1 aliphatic heterocycles. The first-order chi connectivity index (χ1) is 16.1. The molecule has 2 heterocycles. The zero-order valence-corrected chi connectivity index (χ0v) is 18.8. The molecule has 0 radical (unpaired) electrons. The Morgan fingerprint density at radius 3 is 2.58 bits per heavy atom. The van der Waals surface area contributed by atoms with Crippen molar-refractivity contribution >= 4 is 33.0 Å². The number of para-hydroxylation sites is 1. The van der Waals surface area contributed by atoms with Gasteiger partial charge in [-0.05, 0) is 35.9 Å². The fourth-order valence-corrected chi connectivity index (χ4v) is 5.03. The van der Waals surface area contributed by atoms with E-state index in [0.717, 1.165) is 27.0 Å². The molecular weight excluding hydrogens is 456 g/mol. The Bertz CT molecular complexity index is 1500. The van der Waals surface area contributed by atoms with Crippen molar-refractivity contribution in [3.8, 4) is 17.6 Å². The van der Waals surface area contributed by atoms with Gasteiger partial charge in [-0.15, -0.1) is 0 Å². The van der Waals surface area contributed by atoms with Gasteiger partial charge in [0.1, 0.15) is 29.7 Å². The number of nitrogens with zero attached hydrogens (tertiary/aromatic N) is 1. The zero-order valence-electron chi connectivity index (χ0n) is 17.2. The maximum absolute atomic E-state index is 13.3. The van der Waals surface area contributed by atoms with E-state index in [1.807, 2.05) is 60.7 Å². The molecule has 0 fully saturated rings. The highest BCUT2D eigenvalue weighted by molar-refractivity contribution is 7.16. The molecule has 0 saturated carbocycles. The van der Waals surface area contributed by atoms with Gasteiger partial charge in [0, 0.05) is 20.7 Å². The fraction of sp³-hybridized carbons (Fsp3) is 0.0769. The molecule has 1 atom stereocenters. The molecule has 3 aromatic carbocycles. The monoisotopic (exact) mass is 472 g/mol. The molecule has 4 aromatic rings. The van der Waals surface area contributed by atoms with Crippen LogP contribution in [-0.2, 0) is 6.61 Å². The highest BCUT2D eigenvalue weighted by atomic mass is 35.5. The number of hydrogen-bond donors (Lipinski definition) is 1. The Hall–Kier alpha value is -3.79. The first-order valence-corrected chi connectivity index (χ1v) is 11.4. The number of nitrogens with two attached hydrogens (primary N) is 1. The molecule has 0 bridgehead atoms. The van der Waals surface area contributed by atoms with Gasteiger partial charge in [-0.1, -0.05) is 65.4 Å². The molecule has 1 aliphatic rings. The Kier molecular flexibility index (Phi) is 5.51. The van der Waals surface area contributed by atoms with Crippen LogP contribution in [0.25, 0.3) is 10.1 Å². The molecule has 5 rings (SSSR count). The first-order valence-electron chi connectivity index (χ1n) is 10.2. The van der Waals surface area contributed by atoms with Crippen molar-refractivity contribution in [2.24, 2.45) is 5.73 Å². The van der Waals surface area contributed by atoms with E-state index in [0.29, 0.717) is 34.3 Å². The molecule has 162 valence electrons. The van der Waals surface area contributed by atoms with Gasteiger partial charge in [0.05, 0.1) is 11.5 Å². The van der Waals surface area contributed by atoms with E-state index < -0.39 is 5.92 Å². The zero-order chi connectivity index (χ0) is 22.9. The molecule has 5 nitrogen and oxygen atoms in total. The van der Waals surface area contributed by atoms with Gasteiger partial charge in [0.25, 0.3) is 0 Å². The number of allylic oxidation sites excluding steroid dienone is 1. The third-order valence-electron chi connectivity index (χ3n) is 5.51. The number of nitriles is 1. The number of rotatable bonds is 4. The molecule has 2 N–H and O–H groups in total. The van der Waals surface area contributed by atoms with E-state index in [4.69, 9.17) is 26.8 Å². The van der Waals surface area contributed by atoms with Crippen LogP contribution in [-0.4, -0.2) is 0 Å². The Morgan fingerprint density at radius 2 is 1.79 bits per heavy atom. The Morgan fingerprint density at radius 1 is 1.06 bits per heavy atom. The highest BCUT2D eigenvalue weighted by Gasteiger charge is 2.36. The quantitative estimate of drug-likeness (QED) is 0.411. The van der Waals surface area contributed by atoms with Crippen LogP contribution in [0.5, 0.6) is 11.5 Å². The van der Waals surface area contributed by atoms with Crippen molar-refractivity contribution in [1.82, 2.24) is 0 Å². The molecule has 0 saturated heterocycles. The van der Waals surface area contributed by atoms with E-state index in [9.17, 15) is 10.1 Å². The van der Waals surface area contributed by atoms with E-state index >= 15 is 0 Å². The molecule has 0 amide bonds. The summed E-state index contributed by atoms with van der Waals surface area (Å²) in [7, 11) is 0. The van der Waals surface area contributed by atoms with Crippen LogP contribution < -0.4 is 19.9 Å². The summed E-state index contributed by atoms with van der Waals surface area (Å²) >= 11 is 7.10. The van der Waals surface area contributed by atoms with Gasteiger partial charge in [-0.25, -0.2) is 0 Å². The van der Waals surface area contributed by atoms with Crippen molar-refractivity contribution in [2.75, 3.05) is 0 Å². The smallest absolute Gasteiger partial charge is 0.240 e. The summed E-state index contributed by atoms with van der Waals surface area (Å²) < 4.78 is 12.6. The average molecular weight is 473 g/mol. The topological polar surface area (TPSA) is 85.3 Å². The minimum absolute atomic E-state index is 0.0109. The molecule has 1 aromatic heterocycles. The lowest BCUT2D eigenvalue weighted by Crippen LogP contribution is -2.26. The Labute approximate surface area is 198 Å². The minimum Gasteiger partial charge on any atom is -0.489 e. The third-order valence-corrected chi connectivity index (χ3v) is 6.74. The number of benzene rings is 3. The summed E-state index contributed by atoms with van der Waals surface area (Å²) in [5.74, 6) is 0.239. The first kappa shape index (κ1) is 21.1. The lowest BCUT2D eigenvalue weighted by molar-refractivity contribution is 0.301. The standard InChI is InChI=1S/C26H17ClN2O3S/c27-16-11-9-15(10-12-16)14-31-20-7-3-1-5-17(20)22-19(13-28)25(29)32-24-18-6-2-4-8-21(18)33-26(30)23(22)24/h1-12,22H,14,29H2/t22-/m0/s1. The lowest BCUT2D eigenvalue weighted by atomic mass is 9.84. The fourth-order valence-electron chi connectivity index (χ4n) is 3.97. The maximum atomic E-state index is 13.3. The number of halogens is 1. The summed E-state index contributed by atoms with van der Waals surface area (Å²) in [5, 5.41) is 11.4. The van der Waals surface area contributed by atoms with Crippen LogP contribution in [0.15, 0.2) is 89.0 Å².